The van der Waals surface area contributed by atoms with Gasteiger partial charge in [0.15, 0.2) is 17.6 Å². The van der Waals surface area contributed by atoms with E-state index in [-0.39, 0.29) is 10.8 Å². The lowest BCUT2D eigenvalue weighted by Gasteiger charge is -2.16. The number of carbonyl (C=O) groups excluding carboxylic acids is 1. The molecule has 3 aromatic rings. The van der Waals surface area contributed by atoms with E-state index in [9.17, 15) is 13.2 Å². The molecule has 7 nitrogen and oxygen atoms in total. The fourth-order valence-corrected chi connectivity index (χ4v) is 4.21. The number of para-hydroxylation sites is 2. The van der Waals surface area contributed by atoms with Crippen LogP contribution < -0.4 is 19.5 Å². The number of ether oxygens (including phenoxy) is 2. The second kappa shape index (κ2) is 9.74. The second-order valence-electron chi connectivity index (χ2n) is 7.41. The zero-order valence-electron chi connectivity index (χ0n) is 18.4. The summed E-state index contributed by atoms with van der Waals surface area (Å²) in [6, 6.07) is 18.5. The van der Waals surface area contributed by atoms with Gasteiger partial charge in [-0.05, 0) is 80.4 Å². The van der Waals surface area contributed by atoms with Crippen LogP contribution in [0.25, 0.3) is 0 Å². The quantitative estimate of drug-likeness (QED) is 0.522. The van der Waals surface area contributed by atoms with E-state index in [0.29, 0.717) is 22.9 Å². The van der Waals surface area contributed by atoms with Gasteiger partial charge in [-0.25, -0.2) is 8.42 Å². The van der Waals surface area contributed by atoms with Crippen molar-refractivity contribution >= 4 is 27.3 Å². The first-order valence-corrected chi connectivity index (χ1v) is 11.5. The third-order valence-electron chi connectivity index (χ3n) is 4.65. The highest BCUT2D eigenvalue weighted by molar-refractivity contribution is 7.92. The molecule has 32 heavy (non-hydrogen) atoms. The standard InChI is InChI=1S/C24H26N2O5S/c1-16-13-17(2)15-20(14-16)26-32(28,29)21-11-9-19(10-12-21)25-24(27)18(3)31-23-8-6-5-7-22(23)30-4/h5-15,18,26H,1-4H3,(H,25,27). The Balaban J connectivity index is 1.66. The molecule has 0 bridgehead atoms. The SMILES string of the molecule is COc1ccccc1OC(C)C(=O)Nc1ccc(S(=O)(=O)Nc2cc(C)cc(C)c2)cc1. The minimum Gasteiger partial charge on any atom is -0.493 e. The molecule has 0 aromatic heterocycles. The number of hydrogen-bond donors (Lipinski definition) is 2. The maximum absolute atomic E-state index is 12.7. The van der Waals surface area contributed by atoms with Crippen molar-refractivity contribution in [2.75, 3.05) is 17.1 Å². The van der Waals surface area contributed by atoms with Crippen molar-refractivity contribution < 1.29 is 22.7 Å². The first-order chi connectivity index (χ1) is 15.2. The Morgan fingerprint density at radius 1 is 0.875 bits per heavy atom. The van der Waals surface area contributed by atoms with Crippen molar-refractivity contribution in [3.8, 4) is 11.5 Å². The molecule has 2 N–H and O–H groups in total. The molecular formula is C24H26N2O5S. The van der Waals surface area contributed by atoms with Crippen LogP contribution >= 0.6 is 0 Å². The summed E-state index contributed by atoms with van der Waals surface area (Å²) in [6.07, 6.45) is -0.791. The largest absolute Gasteiger partial charge is 0.493 e. The molecule has 0 radical (unpaired) electrons. The lowest BCUT2D eigenvalue weighted by molar-refractivity contribution is -0.122. The average molecular weight is 455 g/mol. The number of amides is 1. The third-order valence-corrected chi connectivity index (χ3v) is 6.05. The van der Waals surface area contributed by atoms with Gasteiger partial charge in [0.2, 0.25) is 0 Å². The first-order valence-electron chi connectivity index (χ1n) is 9.99. The van der Waals surface area contributed by atoms with Gasteiger partial charge in [-0.15, -0.1) is 0 Å². The summed E-state index contributed by atoms with van der Waals surface area (Å²) in [7, 11) is -2.23. The maximum atomic E-state index is 12.7. The molecule has 3 aromatic carbocycles. The number of carbonyl (C=O) groups is 1. The van der Waals surface area contributed by atoms with Crippen molar-refractivity contribution in [1.82, 2.24) is 0 Å². The topological polar surface area (TPSA) is 93.7 Å². The average Bonchev–Trinajstić information content (AvgIpc) is 2.73. The molecule has 0 heterocycles. The van der Waals surface area contributed by atoms with Crippen LogP contribution in [0, 0.1) is 13.8 Å². The summed E-state index contributed by atoms with van der Waals surface area (Å²) in [5, 5.41) is 2.72. The maximum Gasteiger partial charge on any atom is 0.265 e. The van der Waals surface area contributed by atoms with Gasteiger partial charge in [0.05, 0.1) is 12.0 Å². The molecule has 1 atom stereocenters. The van der Waals surface area contributed by atoms with Crippen molar-refractivity contribution in [2.24, 2.45) is 0 Å². The van der Waals surface area contributed by atoms with Gasteiger partial charge in [-0.1, -0.05) is 18.2 Å². The van der Waals surface area contributed by atoms with E-state index in [2.05, 4.69) is 10.0 Å². The van der Waals surface area contributed by atoms with Crippen LogP contribution in [0.2, 0.25) is 0 Å². The van der Waals surface area contributed by atoms with E-state index in [1.165, 1.54) is 31.4 Å². The van der Waals surface area contributed by atoms with Crippen LogP contribution in [-0.2, 0) is 14.8 Å². The summed E-state index contributed by atoms with van der Waals surface area (Å²) in [5.41, 5.74) is 2.88. The van der Waals surface area contributed by atoms with Crippen molar-refractivity contribution in [1.29, 1.82) is 0 Å². The Morgan fingerprint density at radius 2 is 1.47 bits per heavy atom. The van der Waals surface area contributed by atoms with Crippen molar-refractivity contribution in [2.45, 2.75) is 31.8 Å². The van der Waals surface area contributed by atoms with Crippen molar-refractivity contribution in [3.63, 3.8) is 0 Å². The van der Waals surface area contributed by atoms with Gasteiger partial charge in [0.1, 0.15) is 0 Å². The number of sulfonamides is 1. The molecule has 0 aliphatic heterocycles. The van der Waals surface area contributed by atoms with Gasteiger partial charge in [-0.2, -0.15) is 0 Å². The number of hydrogen-bond acceptors (Lipinski definition) is 5. The van der Waals surface area contributed by atoms with Gasteiger partial charge < -0.3 is 14.8 Å². The molecular weight excluding hydrogens is 428 g/mol. The van der Waals surface area contributed by atoms with Crippen LogP contribution in [0.5, 0.6) is 11.5 Å². The van der Waals surface area contributed by atoms with E-state index < -0.39 is 16.1 Å². The van der Waals surface area contributed by atoms with Gasteiger partial charge in [0, 0.05) is 11.4 Å². The molecule has 0 aliphatic carbocycles. The summed E-state index contributed by atoms with van der Waals surface area (Å²) in [4.78, 5) is 12.6. The molecule has 3 rings (SSSR count). The van der Waals surface area contributed by atoms with Crippen molar-refractivity contribution in [3.05, 3.63) is 77.9 Å². The fourth-order valence-electron chi connectivity index (χ4n) is 3.17. The van der Waals surface area contributed by atoms with E-state index in [1.54, 1.807) is 43.3 Å². The van der Waals surface area contributed by atoms with Crippen LogP contribution in [0.1, 0.15) is 18.1 Å². The van der Waals surface area contributed by atoms with E-state index in [1.807, 2.05) is 19.9 Å². The Labute approximate surface area is 188 Å². The van der Waals surface area contributed by atoms with Gasteiger partial charge >= 0.3 is 0 Å². The monoisotopic (exact) mass is 454 g/mol. The molecule has 168 valence electrons. The summed E-state index contributed by atoms with van der Waals surface area (Å²) < 4.78 is 38.9. The van der Waals surface area contributed by atoms with Crippen LogP contribution in [0.3, 0.4) is 0 Å². The van der Waals surface area contributed by atoms with Crippen LogP contribution in [-0.4, -0.2) is 27.5 Å². The molecule has 0 aliphatic rings. The zero-order chi connectivity index (χ0) is 23.3. The third kappa shape index (κ3) is 5.79. The summed E-state index contributed by atoms with van der Waals surface area (Å²) in [5.74, 6) is 0.606. The van der Waals surface area contributed by atoms with Gasteiger partial charge in [-0.3, -0.25) is 9.52 Å². The molecule has 0 fully saturated rings. The summed E-state index contributed by atoms with van der Waals surface area (Å²) in [6.45, 7) is 5.43. The fraction of sp³-hybridized carbons (Fsp3) is 0.208. The van der Waals surface area contributed by atoms with E-state index in [0.717, 1.165) is 11.1 Å². The normalized spacial score (nSPS) is 12.0. The minimum atomic E-state index is -3.76. The highest BCUT2D eigenvalue weighted by atomic mass is 32.2. The van der Waals surface area contributed by atoms with E-state index in [4.69, 9.17) is 9.47 Å². The number of rotatable bonds is 8. The number of anilines is 2. The molecule has 0 saturated carbocycles. The zero-order valence-corrected chi connectivity index (χ0v) is 19.2. The first kappa shape index (κ1) is 23.1. The van der Waals surface area contributed by atoms with Crippen LogP contribution in [0.15, 0.2) is 71.6 Å². The smallest absolute Gasteiger partial charge is 0.265 e. The molecule has 0 saturated heterocycles. The lowest BCUT2D eigenvalue weighted by Crippen LogP contribution is -2.30. The molecule has 1 unspecified atom stereocenters. The molecule has 8 heteroatoms. The minimum absolute atomic E-state index is 0.0907. The molecule has 0 spiro atoms. The Kier molecular flexibility index (Phi) is 7.05. The Morgan fingerprint density at radius 3 is 2.06 bits per heavy atom. The highest BCUT2D eigenvalue weighted by Gasteiger charge is 2.18. The number of benzene rings is 3. The predicted molar refractivity (Wildman–Crippen MR) is 125 cm³/mol. The molecule has 1 amide bonds. The van der Waals surface area contributed by atoms with Crippen LogP contribution in [0.4, 0.5) is 11.4 Å². The Bertz CT molecular complexity index is 1190. The second-order valence-corrected chi connectivity index (χ2v) is 9.09. The van der Waals surface area contributed by atoms with E-state index >= 15 is 0 Å². The predicted octanol–water partition coefficient (Wildman–Crippen LogP) is 4.52. The number of methoxy groups -OCH3 is 1. The number of aryl methyl sites for hydroxylation is 2. The van der Waals surface area contributed by atoms with Gasteiger partial charge in [0.25, 0.3) is 15.9 Å². The number of nitrogens with one attached hydrogen (secondary N) is 2. The Hall–Kier alpha value is -3.52. The highest BCUT2D eigenvalue weighted by Crippen LogP contribution is 2.27. The summed E-state index contributed by atoms with van der Waals surface area (Å²) >= 11 is 0. The lowest BCUT2D eigenvalue weighted by atomic mass is 10.1.